The average molecular weight is 317 g/mol. The van der Waals surface area contributed by atoms with E-state index in [1.165, 1.54) is 17.0 Å². The molecule has 0 radical (unpaired) electrons. The normalized spacial score (nSPS) is 11.4. The molecule has 2 rings (SSSR count). The van der Waals surface area contributed by atoms with E-state index >= 15 is 0 Å². The molecule has 108 valence electrons. The summed E-state index contributed by atoms with van der Waals surface area (Å²) in [6.45, 7) is 0. The van der Waals surface area contributed by atoms with Gasteiger partial charge in [-0.3, -0.25) is 4.72 Å². The van der Waals surface area contributed by atoms with E-state index in [4.69, 9.17) is 11.6 Å². The Labute approximate surface area is 121 Å². The second-order valence-electron chi connectivity index (χ2n) is 4.05. The van der Waals surface area contributed by atoms with E-state index in [0.717, 1.165) is 0 Å². The molecular formula is C12H13ClN2O4S. The fourth-order valence-corrected chi connectivity index (χ4v) is 3.04. The van der Waals surface area contributed by atoms with Gasteiger partial charge >= 0.3 is 5.76 Å². The first-order valence-corrected chi connectivity index (χ1v) is 8.03. The number of aromatic nitrogens is 1. The molecular weight excluding hydrogens is 304 g/mol. The predicted octanol–water partition coefficient (Wildman–Crippen LogP) is 1.80. The number of nitrogens with zero attached hydrogens (tertiary/aromatic N) is 1. The van der Waals surface area contributed by atoms with Gasteiger partial charge in [0.25, 0.3) is 0 Å². The van der Waals surface area contributed by atoms with Gasteiger partial charge in [0.05, 0.1) is 17.6 Å². The Morgan fingerprint density at radius 3 is 2.50 bits per heavy atom. The van der Waals surface area contributed by atoms with Gasteiger partial charge < -0.3 is 4.42 Å². The van der Waals surface area contributed by atoms with Crippen LogP contribution in [0.25, 0.3) is 5.69 Å². The molecule has 0 fully saturated rings. The summed E-state index contributed by atoms with van der Waals surface area (Å²) in [7, 11) is -3.39. The molecule has 0 amide bonds. The Kier molecular flexibility index (Phi) is 4.51. The highest BCUT2D eigenvalue weighted by Gasteiger charge is 2.10. The number of halogens is 1. The average Bonchev–Trinajstić information content (AvgIpc) is 2.83. The fraction of sp³-hybridized carbons (Fsp3) is 0.250. The highest BCUT2D eigenvalue weighted by molar-refractivity contribution is 7.92. The van der Waals surface area contributed by atoms with Gasteiger partial charge in [-0.15, -0.1) is 11.6 Å². The van der Waals surface area contributed by atoms with Crippen molar-refractivity contribution in [3.05, 3.63) is 47.3 Å². The van der Waals surface area contributed by atoms with Crippen LogP contribution in [0.4, 0.5) is 5.69 Å². The minimum Gasteiger partial charge on any atom is -0.416 e. The maximum atomic E-state index is 11.7. The third-order valence-electron chi connectivity index (χ3n) is 2.54. The number of rotatable bonds is 6. The molecule has 0 unspecified atom stereocenters. The first-order valence-electron chi connectivity index (χ1n) is 5.85. The monoisotopic (exact) mass is 316 g/mol. The number of hydrogen-bond donors (Lipinski definition) is 1. The molecule has 0 saturated heterocycles. The lowest BCUT2D eigenvalue weighted by atomic mass is 10.3. The van der Waals surface area contributed by atoms with E-state index in [0.29, 0.717) is 23.7 Å². The van der Waals surface area contributed by atoms with Crippen molar-refractivity contribution in [2.45, 2.75) is 6.42 Å². The number of benzene rings is 1. The molecule has 0 aliphatic heterocycles. The Hall–Kier alpha value is -1.73. The SMILES string of the molecule is O=c1occn1-c1ccc(NS(=O)(=O)CCCCl)cc1. The second kappa shape index (κ2) is 6.15. The molecule has 20 heavy (non-hydrogen) atoms. The largest absolute Gasteiger partial charge is 0.423 e. The summed E-state index contributed by atoms with van der Waals surface area (Å²) in [5.74, 6) is -0.233. The summed E-state index contributed by atoms with van der Waals surface area (Å²) in [5.41, 5.74) is 1.02. The third kappa shape index (κ3) is 3.64. The molecule has 0 atom stereocenters. The molecule has 1 aromatic heterocycles. The van der Waals surface area contributed by atoms with Crippen molar-refractivity contribution in [1.82, 2.24) is 4.57 Å². The predicted molar refractivity (Wildman–Crippen MR) is 77.1 cm³/mol. The van der Waals surface area contributed by atoms with E-state index in [9.17, 15) is 13.2 Å². The summed E-state index contributed by atoms with van der Waals surface area (Å²) in [5, 5.41) is 0. The third-order valence-corrected chi connectivity index (χ3v) is 4.18. The van der Waals surface area contributed by atoms with Crippen LogP contribution in [0.1, 0.15) is 6.42 Å². The van der Waals surface area contributed by atoms with Crippen LogP contribution in [0.15, 0.2) is 45.9 Å². The van der Waals surface area contributed by atoms with Crippen LogP contribution in [0.3, 0.4) is 0 Å². The Morgan fingerprint density at radius 2 is 1.95 bits per heavy atom. The number of anilines is 1. The van der Waals surface area contributed by atoms with Crippen molar-refractivity contribution in [2.24, 2.45) is 0 Å². The molecule has 0 aliphatic rings. The van der Waals surface area contributed by atoms with E-state index in [1.807, 2.05) is 0 Å². The maximum absolute atomic E-state index is 11.7. The zero-order chi connectivity index (χ0) is 14.6. The van der Waals surface area contributed by atoms with Crippen molar-refractivity contribution < 1.29 is 12.8 Å². The van der Waals surface area contributed by atoms with E-state index < -0.39 is 15.8 Å². The van der Waals surface area contributed by atoms with Crippen LogP contribution in [-0.2, 0) is 10.0 Å². The molecule has 2 aromatic rings. The first-order chi connectivity index (χ1) is 9.52. The zero-order valence-corrected chi connectivity index (χ0v) is 12.0. The van der Waals surface area contributed by atoms with Gasteiger partial charge in [0.2, 0.25) is 10.0 Å². The van der Waals surface area contributed by atoms with Gasteiger partial charge in [-0.1, -0.05) is 0 Å². The summed E-state index contributed by atoms with van der Waals surface area (Å²) in [6, 6.07) is 6.40. The van der Waals surface area contributed by atoms with Gasteiger partial charge in [0.1, 0.15) is 6.26 Å². The summed E-state index contributed by atoms with van der Waals surface area (Å²) in [4.78, 5) is 11.3. The zero-order valence-electron chi connectivity index (χ0n) is 10.5. The van der Waals surface area contributed by atoms with Crippen LogP contribution in [0.2, 0.25) is 0 Å². The maximum Gasteiger partial charge on any atom is 0.423 e. The molecule has 0 saturated carbocycles. The second-order valence-corrected chi connectivity index (χ2v) is 6.27. The summed E-state index contributed by atoms with van der Waals surface area (Å²) in [6.07, 6.45) is 3.16. The molecule has 1 aromatic carbocycles. The number of alkyl halides is 1. The van der Waals surface area contributed by atoms with Crippen molar-refractivity contribution >= 4 is 27.3 Å². The van der Waals surface area contributed by atoms with Crippen LogP contribution in [0.5, 0.6) is 0 Å². The lowest BCUT2D eigenvalue weighted by Gasteiger charge is -2.08. The molecule has 0 spiro atoms. The first kappa shape index (κ1) is 14.7. The molecule has 0 aliphatic carbocycles. The fourth-order valence-electron chi connectivity index (χ4n) is 1.62. The number of sulfonamides is 1. The van der Waals surface area contributed by atoms with Crippen molar-refractivity contribution in [3.63, 3.8) is 0 Å². The van der Waals surface area contributed by atoms with Gasteiger partial charge in [-0.2, -0.15) is 0 Å². The minimum atomic E-state index is -3.39. The van der Waals surface area contributed by atoms with Gasteiger partial charge in [-0.05, 0) is 30.7 Å². The standard InChI is InChI=1S/C12H13ClN2O4S/c13-6-1-9-20(17,18)14-10-2-4-11(5-3-10)15-7-8-19-12(15)16/h2-5,7-8,14H,1,6,9H2. The quantitative estimate of drug-likeness (QED) is 0.824. The topological polar surface area (TPSA) is 81.3 Å². The number of nitrogens with one attached hydrogen (secondary N) is 1. The highest BCUT2D eigenvalue weighted by Crippen LogP contribution is 2.14. The minimum absolute atomic E-state index is 0.0283. The van der Waals surface area contributed by atoms with Crippen LogP contribution in [-0.4, -0.2) is 24.6 Å². The Bertz CT molecular complexity index is 718. The van der Waals surface area contributed by atoms with Crippen LogP contribution in [0, 0.1) is 0 Å². The highest BCUT2D eigenvalue weighted by atomic mass is 35.5. The van der Waals surface area contributed by atoms with Crippen LogP contribution < -0.4 is 10.5 Å². The van der Waals surface area contributed by atoms with Crippen LogP contribution >= 0.6 is 11.6 Å². The van der Waals surface area contributed by atoms with Gasteiger partial charge in [0.15, 0.2) is 0 Å². The Morgan fingerprint density at radius 1 is 1.25 bits per heavy atom. The van der Waals surface area contributed by atoms with Crippen molar-refractivity contribution in [1.29, 1.82) is 0 Å². The Balaban J connectivity index is 2.13. The number of hydrogen-bond acceptors (Lipinski definition) is 4. The summed E-state index contributed by atoms with van der Waals surface area (Å²) >= 11 is 5.47. The molecule has 0 bridgehead atoms. The lowest BCUT2D eigenvalue weighted by molar-refractivity contribution is 0.504. The lowest BCUT2D eigenvalue weighted by Crippen LogP contribution is -2.17. The van der Waals surface area contributed by atoms with Gasteiger partial charge in [-0.25, -0.2) is 17.8 Å². The smallest absolute Gasteiger partial charge is 0.416 e. The number of oxazole rings is 1. The van der Waals surface area contributed by atoms with Crippen molar-refractivity contribution in [2.75, 3.05) is 16.4 Å². The van der Waals surface area contributed by atoms with E-state index in [2.05, 4.69) is 9.14 Å². The molecule has 1 heterocycles. The summed E-state index contributed by atoms with van der Waals surface area (Å²) < 4.78 is 31.8. The van der Waals surface area contributed by atoms with Gasteiger partial charge in [0, 0.05) is 11.6 Å². The molecule has 6 nitrogen and oxygen atoms in total. The van der Waals surface area contributed by atoms with Crippen molar-refractivity contribution in [3.8, 4) is 5.69 Å². The molecule has 1 N–H and O–H groups in total. The van der Waals surface area contributed by atoms with E-state index in [1.54, 1.807) is 24.3 Å². The molecule has 8 heteroatoms. The van der Waals surface area contributed by atoms with E-state index in [-0.39, 0.29) is 5.75 Å².